The molecule has 2 aliphatic rings. The zero-order valence-electron chi connectivity index (χ0n) is 15.9. The van der Waals surface area contributed by atoms with Crippen molar-refractivity contribution in [1.29, 1.82) is 0 Å². The van der Waals surface area contributed by atoms with Gasteiger partial charge < -0.3 is 24.4 Å². The topological polar surface area (TPSA) is 87.9 Å². The highest BCUT2D eigenvalue weighted by Gasteiger charge is 2.29. The number of hydrogen-bond donors (Lipinski definition) is 1. The Hall–Kier alpha value is -2.87. The molecule has 0 radical (unpaired) electrons. The van der Waals surface area contributed by atoms with E-state index in [4.69, 9.17) is 9.26 Å². The average molecular weight is 384 g/mol. The predicted octanol–water partition coefficient (Wildman–Crippen LogP) is 1.46. The lowest BCUT2D eigenvalue weighted by molar-refractivity contribution is 0.0782. The first-order valence-electron chi connectivity index (χ1n) is 9.55. The van der Waals surface area contributed by atoms with Crippen molar-refractivity contribution in [2.45, 2.75) is 19.4 Å². The lowest BCUT2D eigenvalue weighted by atomic mass is 10.1. The normalized spacial score (nSPS) is 19.7. The fourth-order valence-corrected chi connectivity index (χ4v) is 3.64. The van der Waals surface area contributed by atoms with E-state index < -0.39 is 0 Å². The molecule has 8 nitrogen and oxygen atoms in total. The van der Waals surface area contributed by atoms with Crippen LogP contribution in [0.2, 0.25) is 0 Å². The van der Waals surface area contributed by atoms with Crippen molar-refractivity contribution >= 4 is 17.5 Å². The number of likely N-dealkylation sites (tertiary alicyclic amines) is 1. The highest BCUT2D eigenvalue weighted by atomic mass is 16.5. The first-order chi connectivity index (χ1) is 13.6. The lowest BCUT2D eigenvalue weighted by Crippen LogP contribution is -2.38. The standard InChI is InChI=1S/C20H24N4O4/c1-14-18(13-28-22-14)20(26)24-7-6-16(12-24)21-19(25)15-2-4-17(5-3-15)23-8-10-27-11-9-23/h2-5,13,16H,6-12H2,1H3,(H,21,25)/t16-/m0/s1. The molecule has 2 aliphatic heterocycles. The van der Waals surface area contributed by atoms with Crippen molar-refractivity contribution in [3.63, 3.8) is 0 Å². The Balaban J connectivity index is 1.32. The van der Waals surface area contributed by atoms with E-state index >= 15 is 0 Å². The number of benzene rings is 1. The molecule has 28 heavy (non-hydrogen) atoms. The Bertz CT molecular complexity index is 842. The van der Waals surface area contributed by atoms with Crippen LogP contribution in [0.1, 0.15) is 32.8 Å². The Morgan fingerprint density at radius 3 is 2.57 bits per heavy atom. The van der Waals surface area contributed by atoms with Crippen LogP contribution < -0.4 is 10.2 Å². The molecule has 0 bridgehead atoms. The molecule has 2 fully saturated rings. The molecule has 2 amide bonds. The van der Waals surface area contributed by atoms with E-state index in [1.54, 1.807) is 11.8 Å². The number of hydrogen-bond acceptors (Lipinski definition) is 6. The SMILES string of the molecule is Cc1nocc1C(=O)N1CC[C@H](NC(=O)c2ccc(N3CCOCC3)cc2)C1. The molecule has 3 heterocycles. The molecular formula is C20H24N4O4. The van der Waals surface area contributed by atoms with E-state index in [0.717, 1.165) is 38.4 Å². The second-order valence-electron chi connectivity index (χ2n) is 7.17. The summed E-state index contributed by atoms with van der Waals surface area (Å²) in [6, 6.07) is 7.58. The third kappa shape index (κ3) is 3.87. The van der Waals surface area contributed by atoms with Gasteiger partial charge in [-0.2, -0.15) is 0 Å². The van der Waals surface area contributed by atoms with Gasteiger partial charge in [-0.3, -0.25) is 9.59 Å². The van der Waals surface area contributed by atoms with Gasteiger partial charge >= 0.3 is 0 Å². The number of carbonyl (C=O) groups excluding carboxylic acids is 2. The third-order valence-corrected chi connectivity index (χ3v) is 5.30. The van der Waals surface area contributed by atoms with Gasteiger partial charge in [0, 0.05) is 43.5 Å². The maximum Gasteiger partial charge on any atom is 0.259 e. The summed E-state index contributed by atoms with van der Waals surface area (Å²) in [5, 5.41) is 6.79. The monoisotopic (exact) mass is 384 g/mol. The molecule has 1 atom stereocenters. The van der Waals surface area contributed by atoms with Gasteiger partial charge in [-0.05, 0) is 37.6 Å². The number of anilines is 1. The molecule has 4 rings (SSSR count). The molecule has 1 N–H and O–H groups in total. The van der Waals surface area contributed by atoms with Gasteiger partial charge in [0.2, 0.25) is 0 Å². The molecule has 0 spiro atoms. The summed E-state index contributed by atoms with van der Waals surface area (Å²) in [7, 11) is 0. The third-order valence-electron chi connectivity index (χ3n) is 5.30. The summed E-state index contributed by atoms with van der Waals surface area (Å²) >= 11 is 0. The van der Waals surface area contributed by atoms with E-state index in [2.05, 4.69) is 15.4 Å². The molecule has 2 aromatic rings. The van der Waals surface area contributed by atoms with Gasteiger partial charge in [-0.25, -0.2) is 0 Å². The number of amides is 2. The molecule has 1 aromatic carbocycles. The summed E-state index contributed by atoms with van der Waals surface area (Å²) in [5.41, 5.74) is 2.78. The van der Waals surface area contributed by atoms with Crippen LogP contribution >= 0.6 is 0 Å². The number of nitrogens with zero attached hydrogens (tertiary/aromatic N) is 3. The molecule has 0 saturated carbocycles. The highest BCUT2D eigenvalue weighted by Crippen LogP contribution is 2.18. The number of aromatic nitrogens is 1. The van der Waals surface area contributed by atoms with Gasteiger partial charge in [0.1, 0.15) is 11.8 Å². The first kappa shape index (κ1) is 18.5. The minimum atomic E-state index is -0.117. The van der Waals surface area contributed by atoms with Crippen LogP contribution in [-0.2, 0) is 4.74 Å². The smallest absolute Gasteiger partial charge is 0.259 e. The van der Waals surface area contributed by atoms with Crippen molar-refractivity contribution < 1.29 is 18.8 Å². The molecule has 0 unspecified atom stereocenters. The molecule has 8 heteroatoms. The lowest BCUT2D eigenvalue weighted by Gasteiger charge is -2.28. The van der Waals surface area contributed by atoms with Gasteiger partial charge in [0.25, 0.3) is 11.8 Å². The molecule has 0 aliphatic carbocycles. The Morgan fingerprint density at radius 1 is 1.14 bits per heavy atom. The average Bonchev–Trinajstić information content (AvgIpc) is 3.37. The number of nitrogens with one attached hydrogen (secondary N) is 1. The molecular weight excluding hydrogens is 360 g/mol. The second kappa shape index (κ2) is 8.02. The van der Waals surface area contributed by atoms with Crippen molar-refractivity contribution in [2.75, 3.05) is 44.3 Å². The zero-order valence-corrected chi connectivity index (χ0v) is 15.9. The minimum Gasteiger partial charge on any atom is -0.378 e. The summed E-state index contributed by atoms with van der Waals surface area (Å²) < 4.78 is 10.2. The maximum absolute atomic E-state index is 12.6. The van der Waals surface area contributed by atoms with E-state index in [0.29, 0.717) is 29.9 Å². The number of rotatable bonds is 4. The predicted molar refractivity (Wildman–Crippen MR) is 102 cm³/mol. The van der Waals surface area contributed by atoms with Crippen LogP contribution in [0.25, 0.3) is 0 Å². The summed E-state index contributed by atoms with van der Waals surface area (Å²) in [4.78, 5) is 29.1. The van der Waals surface area contributed by atoms with Crippen LogP contribution in [0.5, 0.6) is 0 Å². The van der Waals surface area contributed by atoms with Crippen LogP contribution in [0, 0.1) is 6.92 Å². The van der Waals surface area contributed by atoms with Crippen molar-refractivity contribution in [3.05, 3.63) is 47.3 Å². The Morgan fingerprint density at radius 2 is 1.89 bits per heavy atom. The minimum absolute atomic E-state index is 0.0597. The summed E-state index contributed by atoms with van der Waals surface area (Å²) in [6.07, 6.45) is 2.10. The molecule has 2 saturated heterocycles. The number of carbonyl (C=O) groups is 2. The van der Waals surface area contributed by atoms with E-state index in [-0.39, 0.29) is 17.9 Å². The quantitative estimate of drug-likeness (QED) is 0.859. The number of ether oxygens (including phenoxy) is 1. The number of aryl methyl sites for hydroxylation is 1. The van der Waals surface area contributed by atoms with Gasteiger partial charge in [0.05, 0.1) is 18.9 Å². The first-order valence-corrected chi connectivity index (χ1v) is 9.55. The summed E-state index contributed by atoms with van der Waals surface area (Å²) in [6.45, 7) is 6.02. The van der Waals surface area contributed by atoms with Crippen LogP contribution in [0.3, 0.4) is 0 Å². The fourth-order valence-electron chi connectivity index (χ4n) is 3.64. The second-order valence-corrected chi connectivity index (χ2v) is 7.17. The highest BCUT2D eigenvalue weighted by molar-refractivity contribution is 5.96. The van der Waals surface area contributed by atoms with E-state index in [1.807, 2.05) is 24.3 Å². The maximum atomic E-state index is 12.6. The van der Waals surface area contributed by atoms with E-state index in [1.165, 1.54) is 6.26 Å². The Kier molecular flexibility index (Phi) is 5.29. The van der Waals surface area contributed by atoms with Gasteiger partial charge in [0.15, 0.2) is 0 Å². The van der Waals surface area contributed by atoms with Crippen LogP contribution in [0.4, 0.5) is 5.69 Å². The largest absolute Gasteiger partial charge is 0.378 e. The summed E-state index contributed by atoms with van der Waals surface area (Å²) in [5.74, 6) is -0.223. The Labute approximate surface area is 163 Å². The van der Waals surface area contributed by atoms with Crippen molar-refractivity contribution in [1.82, 2.24) is 15.4 Å². The van der Waals surface area contributed by atoms with Gasteiger partial charge in [-0.15, -0.1) is 0 Å². The number of morpholine rings is 1. The van der Waals surface area contributed by atoms with Crippen molar-refractivity contribution in [2.24, 2.45) is 0 Å². The van der Waals surface area contributed by atoms with Crippen molar-refractivity contribution in [3.8, 4) is 0 Å². The molecule has 148 valence electrons. The fraction of sp³-hybridized carbons (Fsp3) is 0.450. The van der Waals surface area contributed by atoms with Crippen LogP contribution in [-0.4, -0.2) is 67.3 Å². The van der Waals surface area contributed by atoms with E-state index in [9.17, 15) is 9.59 Å². The molecule has 1 aromatic heterocycles. The zero-order chi connectivity index (χ0) is 19.5. The van der Waals surface area contributed by atoms with Gasteiger partial charge in [-0.1, -0.05) is 5.16 Å². The van der Waals surface area contributed by atoms with Crippen LogP contribution in [0.15, 0.2) is 35.1 Å².